The number of hydrogen-bond donors (Lipinski definition) is 1. The van der Waals surface area contributed by atoms with Gasteiger partial charge in [-0.15, -0.1) is 0 Å². The van der Waals surface area contributed by atoms with Crippen LogP contribution in [0.3, 0.4) is 0 Å². The van der Waals surface area contributed by atoms with E-state index in [0.717, 1.165) is 6.07 Å². The van der Waals surface area contributed by atoms with Crippen molar-refractivity contribution in [3.63, 3.8) is 0 Å². The number of nitrogens with zero attached hydrogens (tertiary/aromatic N) is 1. The van der Waals surface area contributed by atoms with E-state index in [1.165, 1.54) is 34.6 Å². The predicted octanol–water partition coefficient (Wildman–Crippen LogP) is 3.41. The van der Waals surface area contributed by atoms with Crippen LogP contribution in [0.15, 0.2) is 41.3 Å². The summed E-state index contributed by atoms with van der Waals surface area (Å²) in [5.74, 6) is -1.63. The molecule has 0 saturated carbocycles. The van der Waals surface area contributed by atoms with Gasteiger partial charge in [-0.1, -0.05) is 29.3 Å². The van der Waals surface area contributed by atoms with Gasteiger partial charge in [-0.2, -0.15) is 4.31 Å². The average molecular weight is 433 g/mol. The van der Waals surface area contributed by atoms with E-state index in [0.29, 0.717) is 13.2 Å². The van der Waals surface area contributed by atoms with Crippen molar-refractivity contribution in [3.8, 4) is 0 Å². The molecule has 0 atom stereocenters. The number of halogens is 3. The van der Waals surface area contributed by atoms with Gasteiger partial charge in [-0.25, -0.2) is 12.8 Å². The average Bonchev–Trinajstić information content (AvgIpc) is 2.64. The van der Waals surface area contributed by atoms with Gasteiger partial charge in [0.1, 0.15) is 5.82 Å². The molecule has 2 aromatic carbocycles. The molecule has 1 aliphatic heterocycles. The van der Waals surface area contributed by atoms with Crippen LogP contribution in [-0.2, 0) is 14.8 Å². The first-order chi connectivity index (χ1) is 12.8. The quantitative estimate of drug-likeness (QED) is 0.802. The lowest BCUT2D eigenvalue weighted by atomic mass is 10.2. The minimum atomic E-state index is -3.77. The van der Waals surface area contributed by atoms with Gasteiger partial charge in [-0.05, 0) is 30.3 Å². The summed E-state index contributed by atoms with van der Waals surface area (Å²) in [4.78, 5) is 12.4. The van der Waals surface area contributed by atoms with Crippen molar-refractivity contribution >= 4 is 44.8 Å². The Morgan fingerprint density at radius 2 is 1.81 bits per heavy atom. The molecule has 0 bridgehead atoms. The maximum Gasteiger partial charge on any atom is 0.260 e. The van der Waals surface area contributed by atoms with E-state index in [1.54, 1.807) is 0 Å². The molecule has 0 radical (unpaired) electrons. The van der Waals surface area contributed by atoms with E-state index >= 15 is 0 Å². The maximum atomic E-state index is 13.9. The van der Waals surface area contributed by atoms with Crippen molar-refractivity contribution in [2.75, 3.05) is 31.6 Å². The number of anilines is 1. The Morgan fingerprint density at radius 3 is 2.48 bits per heavy atom. The third-order valence-electron chi connectivity index (χ3n) is 3.98. The van der Waals surface area contributed by atoms with E-state index < -0.39 is 21.7 Å². The minimum Gasteiger partial charge on any atom is -0.379 e. The summed E-state index contributed by atoms with van der Waals surface area (Å²) < 4.78 is 45.9. The molecular formula is C17H15Cl2FN2O4S. The largest absolute Gasteiger partial charge is 0.379 e. The molecule has 27 heavy (non-hydrogen) atoms. The molecule has 144 valence electrons. The molecule has 1 N–H and O–H groups in total. The Hall–Kier alpha value is -1.71. The van der Waals surface area contributed by atoms with E-state index in [2.05, 4.69) is 5.32 Å². The Bertz CT molecular complexity index is 959. The summed E-state index contributed by atoms with van der Waals surface area (Å²) in [7, 11) is -3.77. The summed E-state index contributed by atoms with van der Waals surface area (Å²) >= 11 is 12.0. The lowest BCUT2D eigenvalue weighted by Crippen LogP contribution is -2.40. The van der Waals surface area contributed by atoms with E-state index in [9.17, 15) is 17.6 Å². The van der Waals surface area contributed by atoms with Crippen molar-refractivity contribution in [3.05, 3.63) is 57.8 Å². The lowest BCUT2D eigenvalue weighted by Gasteiger charge is -2.26. The van der Waals surface area contributed by atoms with Gasteiger partial charge in [0.25, 0.3) is 5.91 Å². The third kappa shape index (κ3) is 4.25. The van der Waals surface area contributed by atoms with Crippen LogP contribution in [0.4, 0.5) is 10.1 Å². The molecule has 6 nitrogen and oxygen atoms in total. The summed E-state index contributed by atoms with van der Waals surface area (Å²) in [6.45, 7) is 1.08. The van der Waals surface area contributed by atoms with Crippen molar-refractivity contribution in [2.45, 2.75) is 4.90 Å². The van der Waals surface area contributed by atoms with Crippen LogP contribution < -0.4 is 5.32 Å². The zero-order valence-corrected chi connectivity index (χ0v) is 16.2. The second-order valence-electron chi connectivity index (χ2n) is 5.71. The number of carbonyl (C=O) groups excluding carboxylic acids is 1. The third-order valence-corrected chi connectivity index (χ3v) is 6.52. The normalized spacial score (nSPS) is 15.5. The molecule has 1 aliphatic rings. The van der Waals surface area contributed by atoms with Gasteiger partial charge in [0.2, 0.25) is 10.0 Å². The molecule has 0 spiro atoms. The van der Waals surface area contributed by atoms with Gasteiger partial charge in [0.05, 0.1) is 39.4 Å². The fourth-order valence-electron chi connectivity index (χ4n) is 2.60. The first kappa shape index (κ1) is 20.0. The smallest absolute Gasteiger partial charge is 0.260 e. The van der Waals surface area contributed by atoms with Crippen molar-refractivity contribution in [1.29, 1.82) is 0 Å². The molecule has 1 amide bonds. The van der Waals surface area contributed by atoms with Crippen LogP contribution in [0.1, 0.15) is 10.4 Å². The van der Waals surface area contributed by atoms with Gasteiger partial charge >= 0.3 is 0 Å². The molecule has 1 saturated heterocycles. The number of rotatable bonds is 4. The van der Waals surface area contributed by atoms with E-state index in [4.69, 9.17) is 27.9 Å². The second-order valence-corrected chi connectivity index (χ2v) is 8.46. The number of amides is 1. The van der Waals surface area contributed by atoms with Crippen LogP contribution in [0.25, 0.3) is 0 Å². The number of morpholine rings is 1. The molecule has 1 heterocycles. The topological polar surface area (TPSA) is 75.7 Å². The molecule has 3 rings (SSSR count). The summed E-state index contributed by atoms with van der Waals surface area (Å²) in [5, 5.41) is 2.46. The van der Waals surface area contributed by atoms with Crippen molar-refractivity contribution in [1.82, 2.24) is 4.31 Å². The highest BCUT2D eigenvalue weighted by Crippen LogP contribution is 2.29. The molecule has 0 aliphatic carbocycles. The van der Waals surface area contributed by atoms with Crippen LogP contribution in [0.2, 0.25) is 10.0 Å². The number of nitrogens with one attached hydrogen (secondary N) is 1. The Balaban J connectivity index is 1.91. The molecule has 10 heteroatoms. The number of hydrogen-bond acceptors (Lipinski definition) is 4. The maximum absolute atomic E-state index is 13.9. The fraction of sp³-hybridized carbons (Fsp3) is 0.235. The van der Waals surface area contributed by atoms with E-state index in [1.807, 2.05) is 0 Å². The second kappa shape index (κ2) is 8.12. The Labute approximate surface area is 165 Å². The minimum absolute atomic E-state index is 0.0373. The molecule has 2 aromatic rings. The first-order valence-electron chi connectivity index (χ1n) is 7.93. The predicted molar refractivity (Wildman–Crippen MR) is 100 cm³/mol. The SMILES string of the molecule is O=C(Nc1cc(S(=O)(=O)N2CCOCC2)ccc1Cl)c1c(F)cccc1Cl. The highest BCUT2D eigenvalue weighted by atomic mass is 35.5. The summed E-state index contributed by atoms with van der Waals surface area (Å²) in [5.41, 5.74) is -0.313. The highest BCUT2D eigenvalue weighted by molar-refractivity contribution is 7.89. The fourth-order valence-corrected chi connectivity index (χ4v) is 4.44. The summed E-state index contributed by atoms with van der Waals surface area (Å²) in [6.07, 6.45) is 0. The van der Waals surface area contributed by atoms with Gasteiger partial charge < -0.3 is 10.1 Å². The molecular weight excluding hydrogens is 418 g/mol. The van der Waals surface area contributed by atoms with Crippen LogP contribution in [0.5, 0.6) is 0 Å². The van der Waals surface area contributed by atoms with Gasteiger partial charge in [0.15, 0.2) is 0 Å². The lowest BCUT2D eigenvalue weighted by molar-refractivity contribution is 0.0730. The molecule has 0 aromatic heterocycles. The number of benzene rings is 2. The highest BCUT2D eigenvalue weighted by Gasteiger charge is 2.27. The zero-order chi connectivity index (χ0) is 19.6. The Kier molecular flexibility index (Phi) is 6.02. The van der Waals surface area contributed by atoms with Crippen molar-refractivity contribution < 1.29 is 22.3 Å². The summed E-state index contributed by atoms with van der Waals surface area (Å²) in [6, 6.07) is 7.78. The van der Waals surface area contributed by atoms with Crippen LogP contribution >= 0.6 is 23.2 Å². The molecule has 1 fully saturated rings. The number of sulfonamides is 1. The van der Waals surface area contributed by atoms with Crippen LogP contribution in [-0.4, -0.2) is 44.9 Å². The number of ether oxygens (including phenoxy) is 1. The zero-order valence-electron chi connectivity index (χ0n) is 13.9. The van der Waals surface area contributed by atoms with Crippen molar-refractivity contribution in [2.24, 2.45) is 0 Å². The monoisotopic (exact) mass is 432 g/mol. The van der Waals surface area contributed by atoms with Gasteiger partial charge in [-0.3, -0.25) is 4.79 Å². The Morgan fingerprint density at radius 1 is 1.11 bits per heavy atom. The van der Waals surface area contributed by atoms with Gasteiger partial charge in [0, 0.05) is 13.1 Å². The molecule has 0 unspecified atom stereocenters. The number of carbonyl (C=O) groups is 1. The standard InChI is InChI=1S/C17H15Cl2FN2O4S/c18-12-5-4-11(27(24,25)22-6-8-26-9-7-22)10-15(12)21-17(23)16-13(19)2-1-3-14(16)20/h1-5,10H,6-9H2,(H,21,23). The first-order valence-corrected chi connectivity index (χ1v) is 10.1. The van der Waals surface area contributed by atoms with E-state index in [-0.39, 0.29) is 39.3 Å². The van der Waals surface area contributed by atoms with Crippen LogP contribution in [0, 0.1) is 5.82 Å².